The number of hydrogen-bond acceptors (Lipinski definition) is 2. The summed E-state index contributed by atoms with van der Waals surface area (Å²) in [5.74, 6) is 0. The molecule has 0 heterocycles. The van der Waals surface area contributed by atoms with E-state index in [2.05, 4.69) is 79.6 Å². The van der Waals surface area contributed by atoms with E-state index in [0.717, 1.165) is 15.5 Å². The summed E-state index contributed by atoms with van der Waals surface area (Å²) < 4.78 is 2.22. The Morgan fingerprint density at radius 2 is 1.67 bits per heavy atom. The molecular formula is C14H13Br2NS. The van der Waals surface area contributed by atoms with Crippen molar-refractivity contribution >= 4 is 43.6 Å². The SMILES string of the molecule is CNCc1ccc(Br)cc1Sc1ccc(Br)cc1. The minimum absolute atomic E-state index is 0.881. The summed E-state index contributed by atoms with van der Waals surface area (Å²) in [4.78, 5) is 2.52. The molecule has 1 N–H and O–H groups in total. The van der Waals surface area contributed by atoms with Crippen molar-refractivity contribution in [2.45, 2.75) is 16.3 Å². The van der Waals surface area contributed by atoms with Gasteiger partial charge in [0, 0.05) is 25.3 Å². The van der Waals surface area contributed by atoms with Crippen LogP contribution in [0, 0.1) is 0 Å². The Morgan fingerprint density at radius 1 is 1.00 bits per heavy atom. The van der Waals surface area contributed by atoms with Gasteiger partial charge in [-0.15, -0.1) is 0 Å². The fourth-order valence-electron chi connectivity index (χ4n) is 1.59. The molecular weight excluding hydrogens is 374 g/mol. The van der Waals surface area contributed by atoms with Crippen LogP contribution >= 0.6 is 43.6 Å². The molecule has 0 aromatic heterocycles. The Morgan fingerprint density at radius 3 is 2.33 bits per heavy atom. The van der Waals surface area contributed by atoms with E-state index in [1.165, 1.54) is 15.4 Å². The van der Waals surface area contributed by atoms with Gasteiger partial charge in [-0.1, -0.05) is 49.7 Å². The first-order valence-electron chi connectivity index (χ1n) is 5.55. The van der Waals surface area contributed by atoms with Gasteiger partial charge in [0.25, 0.3) is 0 Å². The van der Waals surface area contributed by atoms with Crippen molar-refractivity contribution in [1.82, 2.24) is 5.32 Å². The zero-order chi connectivity index (χ0) is 13.0. The molecule has 0 saturated carbocycles. The zero-order valence-corrected chi connectivity index (χ0v) is 13.9. The van der Waals surface area contributed by atoms with Crippen LogP contribution in [0.3, 0.4) is 0 Å². The van der Waals surface area contributed by atoms with Crippen LogP contribution < -0.4 is 5.32 Å². The maximum Gasteiger partial charge on any atom is 0.0213 e. The van der Waals surface area contributed by atoms with Gasteiger partial charge in [0.2, 0.25) is 0 Å². The van der Waals surface area contributed by atoms with Gasteiger partial charge in [-0.25, -0.2) is 0 Å². The van der Waals surface area contributed by atoms with Crippen LogP contribution in [-0.2, 0) is 6.54 Å². The molecule has 0 fully saturated rings. The van der Waals surface area contributed by atoms with Gasteiger partial charge in [-0.2, -0.15) is 0 Å². The molecule has 94 valence electrons. The second-order valence-corrected chi connectivity index (χ2v) is 6.79. The highest BCUT2D eigenvalue weighted by Crippen LogP contribution is 2.33. The van der Waals surface area contributed by atoms with Crippen LogP contribution in [-0.4, -0.2) is 7.05 Å². The lowest BCUT2D eigenvalue weighted by Gasteiger charge is -2.09. The first-order chi connectivity index (χ1) is 8.69. The summed E-state index contributed by atoms with van der Waals surface area (Å²) in [6.07, 6.45) is 0. The second kappa shape index (κ2) is 6.75. The Balaban J connectivity index is 2.26. The van der Waals surface area contributed by atoms with Crippen molar-refractivity contribution in [2.75, 3.05) is 7.05 Å². The topological polar surface area (TPSA) is 12.0 Å². The first-order valence-corrected chi connectivity index (χ1v) is 7.96. The summed E-state index contributed by atoms with van der Waals surface area (Å²) in [6.45, 7) is 0.881. The molecule has 0 radical (unpaired) electrons. The number of rotatable bonds is 4. The van der Waals surface area contributed by atoms with E-state index in [4.69, 9.17) is 0 Å². The van der Waals surface area contributed by atoms with Gasteiger partial charge < -0.3 is 5.32 Å². The van der Waals surface area contributed by atoms with Gasteiger partial charge in [0.15, 0.2) is 0 Å². The molecule has 0 spiro atoms. The molecule has 2 aromatic rings. The molecule has 1 nitrogen and oxygen atoms in total. The van der Waals surface area contributed by atoms with E-state index >= 15 is 0 Å². The summed E-state index contributed by atoms with van der Waals surface area (Å²) >= 11 is 8.77. The van der Waals surface area contributed by atoms with Gasteiger partial charge >= 0.3 is 0 Å². The van der Waals surface area contributed by atoms with Crippen LogP contribution in [0.15, 0.2) is 61.2 Å². The molecule has 2 rings (SSSR count). The molecule has 18 heavy (non-hydrogen) atoms. The molecule has 0 unspecified atom stereocenters. The number of benzene rings is 2. The fraction of sp³-hybridized carbons (Fsp3) is 0.143. The molecule has 0 saturated heterocycles. The van der Waals surface area contributed by atoms with Crippen LogP contribution in [0.1, 0.15) is 5.56 Å². The van der Waals surface area contributed by atoms with E-state index in [-0.39, 0.29) is 0 Å². The van der Waals surface area contributed by atoms with E-state index in [0.29, 0.717) is 0 Å². The Kier molecular flexibility index (Phi) is 5.30. The number of hydrogen-bond donors (Lipinski definition) is 1. The van der Waals surface area contributed by atoms with E-state index in [1.807, 2.05) is 7.05 Å². The highest BCUT2D eigenvalue weighted by atomic mass is 79.9. The van der Waals surface area contributed by atoms with Gasteiger partial charge in [0.05, 0.1) is 0 Å². The molecule has 0 amide bonds. The molecule has 0 atom stereocenters. The summed E-state index contributed by atoms with van der Waals surface area (Å²) in [5, 5.41) is 3.20. The highest BCUT2D eigenvalue weighted by Gasteiger charge is 2.05. The molecule has 0 aliphatic carbocycles. The first kappa shape index (κ1) is 14.1. The lowest BCUT2D eigenvalue weighted by molar-refractivity contribution is 0.803. The molecule has 0 aliphatic rings. The average Bonchev–Trinajstić information content (AvgIpc) is 2.36. The largest absolute Gasteiger partial charge is 0.316 e. The second-order valence-electron chi connectivity index (χ2n) is 3.84. The minimum Gasteiger partial charge on any atom is -0.316 e. The van der Waals surface area contributed by atoms with Crippen LogP contribution in [0.4, 0.5) is 0 Å². The van der Waals surface area contributed by atoms with Crippen molar-refractivity contribution in [2.24, 2.45) is 0 Å². The van der Waals surface area contributed by atoms with Crippen molar-refractivity contribution in [1.29, 1.82) is 0 Å². The van der Waals surface area contributed by atoms with E-state index < -0.39 is 0 Å². The average molecular weight is 387 g/mol. The zero-order valence-electron chi connectivity index (χ0n) is 9.91. The van der Waals surface area contributed by atoms with Gasteiger partial charge in [-0.05, 0) is 49.0 Å². The van der Waals surface area contributed by atoms with Crippen molar-refractivity contribution in [3.63, 3.8) is 0 Å². The van der Waals surface area contributed by atoms with Gasteiger partial charge in [-0.3, -0.25) is 0 Å². The molecule has 0 bridgehead atoms. The van der Waals surface area contributed by atoms with Crippen molar-refractivity contribution in [3.05, 3.63) is 57.0 Å². The predicted molar refractivity (Wildman–Crippen MR) is 85.2 cm³/mol. The smallest absolute Gasteiger partial charge is 0.0213 e. The minimum atomic E-state index is 0.881. The standard InChI is InChI=1S/C14H13Br2NS/c1-17-9-10-2-3-12(16)8-14(10)18-13-6-4-11(15)5-7-13/h2-8,17H,9H2,1H3. The summed E-state index contributed by atoms with van der Waals surface area (Å²) in [5.41, 5.74) is 1.31. The Labute approximate surface area is 129 Å². The van der Waals surface area contributed by atoms with Gasteiger partial charge in [0.1, 0.15) is 0 Å². The highest BCUT2D eigenvalue weighted by molar-refractivity contribution is 9.10. The summed E-state index contributed by atoms with van der Waals surface area (Å²) in [7, 11) is 1.97. The van der Waals surface area contributed by atoms with Crippen molar-refractivity contribution in [3.8, 4) is 0 Å². The monoisotopic (exact) mass is 385 g/mol. The number of nitrogens with one attached hydrogen (secondary N) is 1. The maximum absolute atomic E-state index is 3.53. The Bertz CT molecular complexity index is 526. The van der Waals surface area contributed by atoms with E-state index in [9.17, 15) is 0 Å². The fourth-order valence-corrected chi connectivity index (χ4v) is 3.35. The van der Waals surface area contributed by atoms with Crippen LogP contribution in [0.5, 0.6) is 0 Å². The lowest BCUT2D eigenvalue weighted by atomic mass is 10.2. The molecule has 0 aliphatic heterocycles. The molecule has 2 aromatic carbocycles. The van der Waals surface area contributed by atoms with Crippen molar-refractivity contribution < 1.29 is 0 Å². The Hall–Kier alpha value is -0.290. The lowest BCUT2D eigenvalue weighted by Crippen LogP contribution is -2.05. The quantitative estimate of drug-likeness (QED) is 0.785. The molecule has 4 heteroatoms. The summed E-state index contributed by atoms with van der Waals surface area (Å²) in [6, 6.07) is 14.8. The predicted octanol–water partition coefficient (Wildman–Crippen LogP) is 5.08. The third kappa shape index (κ3) is 3.85. The maximum atomic E-state index is 3.53. The van der Waals surface area contributed by atoms with Crippen LogP contribution in [0.25, 0.3) is 0 Å². The number of halogens is 2. The third-order valence-corrected chi connectivity index (χ3v) is 4.57. The third-order valence-electron chi connectivity index (χ3n) is 2.44. The van der Waals surface area contributed by atoms with E-state index in [1.54, 1.807) is 11.8 Å². The normalized spacial score (nSPS) is 10.6. The van der Waals surface area contributed by atoms with Crippen LogP contribution in [0.2, 0.25) is 0 Å².